The molecule has 0 heterocycles. The summed E-state index contributed by atoms with van der Waals surface area (Å²) in [5, 5.41) is 8.42. The molecule has 0 amide bonds. The summed E-state index contributed by atoms with van der Waals surface area (Å²) in [7, 11) is 0. The Labute approximate surface area is 99.8 Å². The Morgan fingerprint density at radius 3 is 2.29 bits per heavy atom. The maximum atomic E-state index is 10.9. The SMILES string of the molecule is O=C(O)C(=O)/C=C/c1ccc(C2CCC2)cc1. The zero-order valence-corrected chi connectivity index (χ0v) is 9.43. The van der Waals surface area contributed by atoms with Gasteiger partial charge in [-0.1, -0.05) is 36.8 Å². The molecule has 0 radical (unpaired) electrons. The third-order valence-corrected chi connectivity index (χ3v) is 3.15. The molecule has 0 atom stereocenters. The Balaban J connectivity index is 2.02. The second-order valence-electron chi connectivity index (χ2n) is 4.30. The van der Waals surface area contributed by atoms with Crippen molar-refractivity contribution in [2.75, 3.05) is 0 Å². The molecule has 1 fully saturated rings. The molecule has 1 aromatic carbocycles. The molecule has 2 rings (SSSR count). The third-order valence-electron chi connectivity index (χ3n) is 3.15. The van der Waals surface area contributed by atoms with Crippen LogP contribution >= 0.6 is 0 Å². The molecule has 0 aromatic heterocycles. The minimum absolute atomic E-state index is 0.689. The minimum Gasteiger partial charge on any atom is -0.475 e. The molecule has 0 bridgehead atoms. The number of hydrogen-bond donors (Lipinski definition) is 1. The van der Waals surface area contributed by atoms with E-state index in [-0.39, 0.29) is 0 Å². The lowest BCUT2D eigenvalue weighted by molar-refractivity contribution is -0.146. The fourth-order valence-corrected chi connectivity index (χ4v) is 1.86. The van der Waals surface area contributed by atoms with E-state index in [1.165, 1.54) is 30.9 Å². The van der Waals surface area contributed by atoms with Crippen LogP contribution in [0.3, 0.4) is 0 Å². The minimum atomic E-state index is -1.42. The zero-order valence-electron chi connectivity index (χ0n) is 9.43. The van der Waals surface area contributed by atoms with Crippen molar-refractivity contribution in [3.8, 4) is 0 Å². The van der Waals surface area contributed by atoms with Crippen LogP contribution in [0, 0.1) is 0 Å². The Kier molecular flexibility index (Phi) is 3.38. The van der Waals surface area contributed by atoms with Crippen LogP contribution in [0.5, 0.6) is 0 Å². The van der Waals surface area contributed by atoms with Crippen LogP contribution < -0.4 is 0 Å². The lowest BCUT2D eigenvalue weighted by atomic mass is 9.80. The number of hydrogen-bond acceptors (Lipinski definition) is 2. The second-order valence-corrected chi connectivity index (χ2v) is 4.30. The maximum absolute atomic E-state index is 10.9. The van der Waals surface area contributed by atoms with Gasteiger partial charge in [0.1, 0.15) is 0 Å². The van der Waals surface area contributed by atoms with Gasteiger partial charge in [-0.05, 0) is 36.0 Å². The van der Waals surface area contributed by atoms with Crippen LogP contribution in [0.4, 0.5) is 0 Å². The van der Waals surface area contributed by atoms with Crippen LogP contribution in [-0.2, 0) is 9.59 Å². The fraction of sp³-hybridized carbons (Fsp3) is 0.286. The first kappa shape index (κ1) is 11.6. The predicted molar refractivity (Wildman–Crippen MR) is 64.7 cm³/mol. The van der Waals surface area contributed by atoms with E-state index in [4.69, 9.17) is 5.11 Å². The van der Waals surface area contributed by atoms with Gasteiger partial charge in [-0.2, -0.15) is 0 Å². The molecule has 1 aliphatic rings. The molecule has 1 saturated carbocycles. The highest BCUT2D eigenvalue weighted by Crippen LogP contribution is 2.36. The van der Waals surface area contributed by atoms with Gasteiger partial charge in [-0.3, -0.25) is 4.79 Å². The van der Waals surface area contributed by atoms with Gasteiger partial charge in [0.25, 0.3) is 5.78 Å². The number of carboxylic acid groups (broad SMARTS) is 1. The summed E-state index contributed by atoms with van der Waals surface area (Å²) < 4.78 is 0. The Morgan fingerprint density at radius 1 is 1.18 bits per heavy atom. The van der Waals surface area contributed by atoms with E-state index in [1.54, 1.807) is 0 Å². The van der Waals surface area contributed by atoms with Crippen molar-refractivity contribution in [1.29, 1.82) is 0 Å². The molecular formula is C14H14O3. The molecule has 0 aliphatic heterocycles. The zero-order chi connectivity index (χ0) is 12.3. The number of benzene rings is 1. The number of carbonyl (C=O) groups excluding carboxylic acids is 1. The Hall–Kier alpha value is -1.90. The van der Waals surface area contributed by atoms with Gasteiger partial charge in [0.15, 0.2) is 0 Å². The van der Waals surface area contributed by atoms with Crippen molar-refractivity contribution in [1.82, 2.24) is 0 Å². The summed E-state index contributed by atoms with van der Waals surface area (Å²) in [6.45, 7) is 0. The summed E-state index contributed by atoms with van der Waals surface area (Å²) in [5.74, 6) is -1.63. The number of ketones is 1. The first-order valence-electron chi connectivity index (χ1n) is 5.72. The van der Waals surface area contributed by atoms with Crippen LogP contribution in [0.15, 0.2) is 30.3 Å². The van der Waals surface area contributed by atoms with Gasteiger partial charge in [-0.25, -0.2) is 4.79 Å². The highest BCUT2D eigenvalue weighted by Gasteiger charge is 2.18. The van der Waals surface area contributed by atoms with Crippen molar-refractivity contribution in [3.05, 3.63) is 41.5 Å². The molecule has 1 aromatic rings. The summed E-state index contributed by atoms with van der Waals surface area (Å²) in [6.07, 6.45) is 6.43. The van der Waals surface area contributed by atoms with E-state index in [0.29, 0.717) is 5.92 Å². The summed E-state index contributed by atoms with van der Waals surface area (Å²) in [5.41, 5.74) is 2.18. The Morgan fingerprint density at radius 2 is 1.82 bits per heavy atom. The van der Waals surface area contributed by atoms with Gasteiger partial charge in [-0.15, -0.1) is 0 Å². The first-order chi connectivity index (χ1) is 8.16. The lowest BCUT2D eigenvalue weighted by Crippen LogP contribution is -2.08. The first-order valence-corrected chi connectivity index (χ1v) is 5.72. The Bertz CT molecular complexity index is 453. The maximum Gasteiger partial charge on any atom is 0.376 e. The van der Waals surface area contributed by atoms with Crippen LogP contribution in [0.25, 0.3) is 6.08 Å². The van der Waals surface area contributed by atoms with E-state index in [9.17, 15) is 9.59 Å². The third kappa shape index (κ3) is 2.81. The number of rotatable bonds is 4. The highest BCUT2D eigenvalue weighted by atomic mass is 16.4. The van der Waals surface area contributed by atoms with E-state index in [0.717, 1.165) is 11.6 Å². The smallest absolute Gasteiger partial charge is 0.376 e. The number of carbonyl (C=O) groups is 2. The monoisotopic (exact) mass is 230 g/mol. The fourth-order valence-electron chi connectivity index (χ4n) is 1.86. The van der Waals surface area contributed by atoms with Gasteiger partial charge in [0.05, 0.1) is 0 Å². The summed E-state index contributed by atoms with van der Waals surface area (Å²) >= 11 is 0. The molecule has 3 heteroatoms. The molecule has 1 aliphatic carbocycles. The molecule has 1 N–H and O–H groups in total. The molecule has 0 saturated heterocycles. The predicted octanol–water partition coefficient (Wildman–Crippen LogP) is 2.62. The van der Waals surface area contributed by atoms with E-state index >= 15 is 0 Å². The van der Waals surface area contributed by atoms with Crippen molar-refractivity contribution in [2.24, 2.45) is 0 Å². The van der Waals surface area contributed by atoms with E-state index in [2.05, 4.69) is 12.1 Å². The molecule has 3 nitrogen and oxygen atoms in total. The lowest BCUT2D eigenvalue weighted by Gasteiger charge is -2.25. The van der Waals surface area contributed by atoms with E-state index < -0.39 is 11.8 Å². The molecule has 17 heavy (non-hydrogen) atoms. The topological polar surface area (TPSA) is 54.4 Å². The van der Waals surface area contributed by atoms with Gasteiger partial charge in [0.2, 0.25) is 0 Å². The summed E-state index contributed by atoms with van der Waals surface area (Å²) in [4.78, 5) is 21.2. The van der Waals surface area contributed by atoms with Crippen LogP contribution in [0.1, 0.15) is 36.3 Å². The number of carboxylic acids is 1. The molecule has 88 valence electrons. The van der Waals surface area contributed by atoms with Crippen molar-refractivity contribution >= 4 is 17.8 Å². The molecule has 0 spiro atoms. The standard InChI is InChI=1S/C14H14O3/c15-13(14(16)17)9-6-10-4-7-12(8-5-10)11-2-1-3-11/h4-9,11H,1-3H2,(H,16,17)/b9-6+. The van der Waals surface area contributed by atoms with Gasteiger partial charge in [0, 0.05) is 0 Å². The van der Waals surface area contributed by atoms with Crippen LogP contribution in [-0.4, -0.2) is 16.9 Å². The van der Waals surface area contributed by atoms with E-state index in [1.807, 2.05) is 12.1 Å². The van der Waals surface area contributed by atoms with Gasteiger partial charge < -0.3 is 5.11 Å². The van der Waals surface area contributed by atoms with Crippen molar-refractivity contribution in [3.63, 3.8) is 0 Å². The second kappa shape index (κ2) is 4.95. The average Bonchev–Trinajstić information content (AvgIpc) is 2.25. The number of aliphatic carboxylic acids is 1. The molecular weight excluding hydrogens is 216 g/mol. The highest BCUT2D eigenvalue weighted by molar-refractivity contribution is 6.38. The average molecular weight is 230 g/mol. The van der Waals surface area contributed by atoms with Gasteiger partial charge >= 0.3 is 5.97 Å². The quantitative estimate of drug-likeness (QED) is 0.639. The summed E-state index contributed by atoms with van der Waals surface area (Å²) in [6, 6.07) is 7.93. The molecule has 0 unspecified atom stereocenters. The van der Waals surface area contributed by atoms with Crippen molar-refractivity contribution in [2.45, 2.75) is 25.2 Å². The van der Waals surface area contributed by atoms with Crippen LogP contribution in [0.2, 0.25) is 0 Å². The normalized spacial score (nSPS) is 15.8. The largest absolute Gasteiger partial charge is 0.475 e. The van der Waals surface area contributed by atoms with Crippen molar-refractivity contribution < 1.29 is 14.7 Å².